The van der Waals surface area contributed by atoms with Crippen molar-refractivity contribution in [3.63, 3.8) is 0 Å². The van der Waals surface area contributed by atoms with Gasteiger partial charge in [-0.3, -0.25) is 4.79 Å². The van der Waals surface area contributed by atoms with Crippen molar-refractivity contribution in [1.29, 1.82) is 0 Å². The van der Waals surface area contributed by atoms with E-state index < -0.39 is 8.32 Å². The molecule has 3 rings (SSSR count). The number of aryl methyl sites for hydroxylation is 1. The molecule has 2 aromatic carbocycles. The SMILES string of the molecule is Cc1cccc(C[Si](C)(C)OC2CCCCC2)c1-c1ccc(C(=O)N(C)C)cc1. The summed E-state index contributed by atoms with van der Waals surface area (Å²) < 4.78 is 6.68. The van der Waals surface area contributed by atoms with E-state index in [0.29, 0.717) is 6.10 Å². The van der Waals surface area contributed by atoms with Crippen molar-refractivity contribution in [2.24, 2.45) is 0 Å². The van der Waals surface area contributed by atoms with Crippen molar-refractivity contribution < 1.29 is 9.22 Å². The van der Waals surface area contributed by atoms with Crippen molar-refractivity contribution >= 4 is 14.2 Å². The third-order valence-electron chi connectivity index (χ3n) is 5.84. The van der Waals surface area contributed by atoms with Crippen LogP contribution in [0.5, 0.6) is 0 Å². The summed E-state index contributed by atoms with van der Waals surface area (Å²) in [5, 5.41) is 0. The summed E-state index contributed by atoms with van der Waals surface area (Å²) >= 11 is 0. The molecule has 0 atom stereocenters. The molecule has 0 aliphatic heterocycles. The molecule has 1 saturated carbocycles. The normalized spacial score (nSPS) is 15.3. The molecule has 156 valence electrons. The third-order valence-corrected chi connectivity index (χ3v) is 8.04. The Morgan fingerprint density at radius 2 is 1.69 bits per heavy atom. The van der Waals surface area contributed by atoms with Gasteiger partial charge in [-0.05, 0) is 73.3 Å². The van der Waals surface area contributed by atoms with Crippen LogP contribution in [0.1, 0.15) is 53.6 Å². The molecular formula is C25H35NO2Si. The van der Waals surface area contributed by atoms with Gasteiger partial charge in [0.25, 0.3) is 5.91 Å². The highest BCUT2D eigenvalue weighted by molar-refractivity contribution is 6.70. The van der Waals surface area contributed by atoms with Gasteiger partial charge in [-0.25, -0.2) is 0 Å². The third kappa shape index (κ3) is 5.58. The Kier molecular flexibility index (Phi) is 6.96. The zero-order valence-electron chi connectivity index (χ0n) is 18.6. The lowest BCUT2D eigenvalue weighted by molar-refractivity contribution is 0.0827. The number of hydrogen-bond acceptors (Lipinski definition) is 2. The lowest BCUT2D eigenvalue weighted by Crippen LogP contribution is -2.39. The smallest absolute Gasteiger partial charge is 0.253 e. The van der Waals surface area contributed by atoms with Crippen LogP contribution in [0, 0.1) is 6.92 Å². The van der Waals surface area contributed by atoms with Crippen LogP contribution in [0.3, 0.4) is 0 Å². The lowest BCUT2D eigenvalue weighted by Gasteiger charge is -2.32. The first-order valence-electron chi connectivity index (χ1n) is 10.9. The van der Waals surface area contributed by atoms with E-state index in [0.717, 1.165) is 11.6 Å². The molecule has 1 amide bonds. The second-order valence-corrected chi connectivity index (χ2v) is 13.3. The minimum Gasteiger partial charge on any atom is -0.414 e. The van der Waals surface area contributed by atoms with Crippen LogP contribution in [0.2, 0.25) is 13.1 Å². The molecule has 0 aromatic heterocycles. The number of carbonyl (C=O) groups excluding carboxylic acids is 1. The van der Waals surface area contributed by atoms with E-state index in [-0.39, 0.29) is 5.91 Å². The van der Waals surface area contributed by atoms with Crippen LogP contribution in [0.15, 0.2) is 42.5 Å². The largest absolute Gasteiger partial charge is 0.414 e. The van der Waals surface area contributed by atoms with E-state index >= 15 is 0 Å². The fourth-order valence-corrected chi connectivity index (χ4v) is 6.89. The van der Waals surface area contributed by atoms with E-state index in [9.17, 15) is 4.79 Å². The molecule has 0 radical (unpaired) electrons. The zero-order valence-corrected chi connectivity index (χ0v) is 19.6. The van der Waals surface area contributed by atoms with Crippen LogP contribution >= 0.6 is 0 Å². The van der Waals surface area contributed by atoms with Gasteiger partial charge in [-0.15, -0.1) is 0 Å². The van der Waals surface area contributed by atoms with E-state index in [1.54, 1.807) is 19.0 Å². The van der Waals surface area contributed by atoms with Gasteiger partial charge in [0, 0.05) is 25.8 Å². The van der Waals surface area contributed by atoms with Crippen molar-refractivity contribution in [2.75, 3.05) is 14.1 Å². The molecule has 1 aliphatic rings. The Bertz CT molecular complexity index is 836. The minimum atomic E-state index is -1.82. The summed E-state index contributed by atoms with van der Waals surface area (Å²) in [6.45, 7) is 6.88. The topological polar surface area (TPSA) is 29.5 Å². The van der Waals surface area contributed by atoms with Gasteiger partial charge in [-0.1, -0.05) is 49.6 Å². The standard InChI is InChI=1S/C25H35NO2Si/c1-19-10-9-11-22(18-29(4,5)28-23-12-7-6-8-13-23)24(19)20-14-16-21(17-15-20)25(27)26(2)3/h9-11,14-17,23H,6-8,12-13,18H2,1-5H3. The molecule has 2 aromatic rings. The first-order valence-corrected chi connectivity index (χ1v) is 14.0. The average molecular weight is 410 g/mol. The monoisotopic (exact) mass is 409 g/mol. The molecule has 1 fully saturated rings. The maximum Gasteiger partial charge on any atom is 0.253 e. The van der Waals surface area contributed by atoms with Crippen molar-refractivity contribution in [1.82, 2.24) is 4.90 Å². The Morgan fingerprint density at radius 3 is 2.31 bits per heavy atom. The van der Waals surface area contributed by atoms with Gasteiger partial charge in [0.05, 0.1) is 0 Å². The summed E-state index contributed by atoms with van der Waals surface area (Å²) in [5.74, 6) is 0.0379. The number of carbonyl (C=O) groups is 1. The molecule has 0 saturated heterocycles. The maximum atomic E-state index is 12.2. The number of benzene rings is 2. The molecule has 0 unspecified atom stereocenters. The van der Waals surface area contributed by atoms with Gasteiger partial charge >= 0.3 is 0 Å². The fourth-order valence-electron chi connectivity index (χ4n) is 4.46. The summed E-state index contributed by atoms with van der Waals surface area (Å²) in [6, 6.07) is 15.6. The van der Waals surface area contributed by atoms with Crippen molar-refractivity contribution in [3.8, 4) is 11.1 Å². The Hall–Kier alpha value is -1.91. The Labute approximate surface area is 177 Å². The first-order chi connectivity index (χ1) is 13.8. The van der Waals surface area contributed by atoms with Gasteiger partial charge < -0.3 is 9.33 Å². The maximum absolute atomic E-state index is 12.2. The van der Waals surface area contributed by atoms with Gasteiger partial charge in [0.2, 0.25) is 0 Å². The predicted octanol–water partition coefficient (Wildman–Crippen LogP) is 6.00. The highest BCUT2D eigenvalue weighted by Crippen LogP contribution is 2.32. The molecule has 29 heavy (non-hydrogen) atoms. The van der Waals surface area contributed by atoms with E-state index in [1.807, 2.05) is 12.1 Å². The molecule has 3 nitrogen and oxygen atoms in total. The van der Waals surface area contributed by atoms with Crippen LogP contribution in [0.25, 0.3) is 11.1 Å². The second kappa shape index (κ2) is 9.27. The van der Waals surface area contributed by atoms with Gasteiger partial charge in [-0.2, -0.15) is 0 Å². The lowest BCUT2D eigenvalue weighted by atomic mass is 9.95. The van der Waals surface area contributed by atoms with Crippen LogP contribution in [-0.2, 0) is 10.5 Å². The summed E-state index contributed by atoms with van der Waals surface area (Å²) in [4.78, 5) is 13.8. The molecule has 0 N–H and O–H groups in total. The van der Waals surface area contributed by atoms with E-state index in [4.69, 9.17) is 4.43 Å². The van der Waals surface area contributed by atoms with E-state index in [2.05, 4.69) is 50.3 Å². The van der Waals surface area contributed by atoms with Crippen LogP contribution in [-0.4, -0.2) is 39.3 Å². The summed E-state index contributed by atoms with van der Waals surface area (Å²) in [6.07, 6.45) is 6.87. The molecular weight excluding hydrogens is 374 g/mol. The van der Waals surface area contributed by atoms with Gasteiger partial charge in [0.15, 0.2) is 8.32 Å². The summed E-state index contributed by atoms with van der Waals surface area (Å²) in [7, 11) is 1.75. The number of amides is 1. The minimum absolute atomic E-state index is 0.0379. The van der Waals surface area contributed by atoms with Crippen molar-refractivity contribution in [3.05, 3.63) is 59.2 Å². The number of hydrogen-bond donors (Lipinski definition) is 0. The molecule has 1 aliphatic carbocycles. The number of nitrogens with zero attached hydrogens (tertiary/aromatic N) is 1. The first kappa shape index (κ1) is 21.8. The summed E-state index contributed by atoms with van der Waals surface area (Å²) in [5.41, 5.74) is 5.84. The average Bonchev–Trinajstić information content (AvgIpc) is 2.68. The number of rotatable bonds is 6. The predicted molar refractivity (Wildman–Crippen MR) is 124 cm³/mol. The van der Waals surface area contributed by atoms with Gasteiger partial charge in [0.1, 0.15) is 0 Å². The second-order valence-electron chi connectivity index (χ2n) is 9.20. The molecule has 4 heteroatoms. The highest BCUT2D eigenvalue weighted by Gasteiger charge is 2.29. The molecule has 0 spiro atoms. The van der Waals surface area contributed by atoms with Crippen molar-refractivity contribution in [2.45, 2.75) is 64.3 Å². The highest BCUT2D eigenvalue weighted by atomic mass is 28.4. The van der Waals surface area contributed by atoms with Crippen LogP contribution < -0.4 is 0 Å². The molecule has 0 bridgehead atoms. The fraction of sp³-hybridized carbons (Fsp3) is 0.480. The zero-order chi connectivity index (χ0) is 21.0. The Morgan fingerprint density at radius 1 is 1.03 bits per heavy atom. The quantitative estimate of drug-likeness (QED) is 0.548. The Balaban J connectivity index is 1.84. The van der Waals surface area contributed by atoms with E-state index in [1.165, 1.54) is 54.4 Å². The molecule has 0 heterocycles. The van der Waals surface area contributed by atoms with Crippen LogP contribution in [0.4, 0.5) is 0 Å².